The molecule has 5 heteroatoms. The Morgan fingerprint density at radius 3 is 2.55 bits per heavy atom. The van der Waals surface area contributed by atoms with Crippen molar-refractivity contribution in [3.63, 3.8) is 0 Å². The van der Waals surface area contributed by atoms with Gasteiger partial charge >= 0.3 is 0 Å². The van der Waals surface area contributed by atoms with Crippen LogP contribution in [0, 0.1) is 0 Å². The molecule has 0 amide bonds. The molecule has 3 N–H and O–H groups in total. The molecular weight excluding hydrogens is 250 g/mol. The van der Waals surface area contributed by atoms with Crippen molar-refractivity contribution < 1.29 is 0 Å². The molecule has 0 saturated carbocycles. The lowest BCUT2D eigenvalue weighted by Crippen LogP contribution is -2.42. The highest BCUT2D eigenvalue weighted by molar-refractivity contribution is 5.69. The van der Waals surface area contributed by atoms with Crippen LogP contribution >= 0.6 is 0 Å². The second-order valence-electron chi connectivity index (χ2n) is 6.63. The lowest BCUT2D eigenvalue weighted by atomic mass is 9.92. The predicted molar refractivity (Wildman–Crippen MR) is 83.1 cm³/mol. The summed E-state index contributed by atoms with van der Waals surface area (Å²) in [4.78, 5) is 4.46. The average Bonchev–Trinajstić information content (AvgIpc) is 2.83. The largest absolute Gasteiger partial charge is 0.362 e. The van der Waals surface area contributed by atoms with Gasteiger partial charge in [-0.15, -0.1) is 0 Å². The van der Waals surface area contributed by atoms with Crippen LogP contribution in [-0.2, 0) is 5.41 Å². The topological polar surface area (TPSA) is 68.2 Å². The van der Waals surface area contributed by atoms with E-state index in [1.54, 1.807) is 6.20 Å². The normalized spacial score (nSPS) is 15.3. The number of hydrogen-bond donors (Lipinski definition) is 2. The zero-order valence-electron chi connectivity index (χ0n) is 13.1. The van der Waals surface area contributed by atoms with E-state index in [1.165, 1.54) is 0 Å². The molecule has 0 radical (unpaired) electrons. The Bertz CT molecular complexity index is 590. The van der Waals surface area contributed by atoms with Gasteiger partial charge in [0, 0.05) is 29.9 Å². The Balaban J connectivity index is 2.47. The summed E-state index contributed by atoms with van der Waals surface area (Å²) in [5, 5.41) is 8.10. The molecule has 1 atom stereocenters. The van der Waals surface area contributed by atoms with Crippen molar-refractivity contribution in [1.29, 1.82) is 0 Å². The third-order valence-electron chi connectivity index (χ3n) is 3.81. The van der Waals surface area contributed by atoms with Gasteiger partial charge in [-0.3, -0.25) is 0 Å². The Morgan fingerprint density at radius 1 is 1.30 bits per heavy atom. The minimum Gasteiger partial charge on any atom is -0.362 e. The number of rotatable bonds is 4. The third kappa shape index (κ3) is 2.77. The molecule has 2 aromatic rings. The van der Waals surface area contributed by atoms with Crippen LogP contribution in [-0.4, -0.2) is 26.7 Å². The molecule has 20 heavy (non-hydrogen) atoms. The number of nitrogens with one attached hydrogen (secondary N) is 1. The first-order valence-corrected chi connectivity index (χ1v) is 7.12. The van der Waals surface area contributed by atoms with E-state index in [0.29, 0.717) is 6.54 Å². The molecule has 0 bridgehead atoms. The van der Waals surface area contributed by atoms with Crippen LogP contribution in [0.3, 0.4) is 0 Å². The van der Waals surface area contributed by atoms with Crippen molar-refractivity contribution in [3.05, 3.63) is 24.2 Å². The number of nitrogens with zero attached hydrogens (tertiary/aromatic N) is 3. The monoisotopic (exact) mass is 275 g/mol. The van der Waals surface area contributed by atoms with Gasteiger partial charge in [0.25, 0.3) is 0 Å². The highest BCUT2D eigenvalue weighted by Crippen LogP contribution is 2.26. The van der Waals surface area contributed by atoms with Crippen molar-refractivity contribution in [2.45, 2.75) is 52.0 Å². The zero-order chi connectivity index (χ0) is 15.0. The summed E-state index contributed by atoms with van der Waals surface area (Å²) in [7, 11) is 0. The molecule has 0 aliphatic heterocycles. The van der Waals surface area contributed by atoms with Gasteiger partial charge in [-0.2, -0.15) is 5.10 Å². The first kappa shape index (κ1) is 14.8. The molecule has 0 saturated heterocycles. The number of aromatic nitrogens is 3. The zero-order valence-corrected chi connectivity index (χ0v) is 13.1. The second-order valence-corrected chi connectivity index (χ2v) is 6.63. The van der Waals surface area contributed by atoms with E-state index in [4.69, 9.17) is 5.73 Å². The summed E-state index contributed by atoms with van der Waals surface area (Å²) >= 11 is 0. The number of anilines is 1. The van der Waals surface area contributed by atoms with Crippen molar-refractivity contribution in [3.8, 4) is 0 Å². The molecular formula is C15H25N5. The summed E-state index contributed by atoms with van der Waals surface area (Å²) in [6.07, 6.45) is 4.58. The first-order chi connectivity index (χ1) is 9.29. The smallest absolute Gasteiger partial charge is 0.152 e. The molecule has 0 fully saturated rings. The van der Waals surface area contributed by atoms with Gasteiger partial charge in [0.2, 0.25) is 0 Å². The van der Waals surface area contributed by atoms with Crippen LogP contribution in [0.15, 0.2) is 18.5 Å². The van der Waals surface area contributed by atoms with Gasteiger partial charge in [0.05, 0.1) is 5.69 Å². The predicted octanol–water partition coefficient (Wildman–Crippen LogP) is 2.57. The minimum absolute atomic E-state index is 0.0191. The molecule has 110 valence electrons. The standard InChI is InChI=1S/C15H25N5/c1-6-15(5,10-16)18-13-11-9-12(14(2,3)4)19-20(11)8-7-17-13/h7-9H,6,10,16H2,1-5H3,(H,17,18). The van der Waals surface area contributed by atoms with Crippen LogP contribution in [0.4, 0.5) is 5.82 Å². The van der Waals surface area contributed by atoms with E-state index in [2.05, 4.69) is 56.1 Å². The Kier molecular flexibility index (Phi) is 3.73. The van der Waals surface area contributed by atoms with E-state index < -0.39 is 0 Å². The molecule has 1 unspecified atom stereocenters. The fourth-order valence-electron chi connectivity index (χ4n) is 1.95. The van der Waals surface area contributed by atoms with Gasteiger partial charge in [0.15, 0.2) is 5.82 Å². The summed E-state index contributed by atoms with van der Waals surface area (Å²) in [5.41, 5.74) is 7.78. The highest BCUT2D eigenvalue weighted by Gasteiger charge is 2.23. The van der Waals surface area contributed by atoms with Crippen molar-refractivity contribution >= 4 is 11.3 Å². The van der Waals surface area contributed by atoms with Crippen LogP contribution < -0.4 is 11.1 Å². The summed E-state index contributed by atoms with van der Waals surface area (Å²) in [5.74, 6) is 0.838. The van der Waals surface area contributed by atoms with Gasteiger partial charge in [-0.1, -0.05) is 27.7 Å². The highest BCUT2D eigenvalue weighted by atomic mass is 15.2. The SMILES string of the molecule is CCC(C)(CN)Nc1nccn2nc(C(C)(C)C)cc12. The van der Waals surface area contributed by atoms with Crippen LogP contribution in [0.5, 0.6) is 0 Å². The maximum Gasteiger partial charge on any atom is 0.152 e. The van der Waals surface area contributed by atoms with Gasteiger partial charge in [-0.05, 0) is 19.4 Å². The van der Waals surface area contributed by atoms with E-state index in [0.717, 1.165) is 23.4 Å². The van der Waals surface area contributed by atoms with Crippen molar-refractivity contribution in [1.82, 2.24) is 14.6 Å². The van der Waals surface area contributed by atoms with E-state index in [-0.39, 0.29) is 11.0 Å². The molecule has 0 aromatic carbocycles. The third-order valence-corrected chi connectivity index (χ3v) is 3.81. The Labute approximate surface area is 120 Å². The quantitative estimate of drug-likeness (QED) is 0.900. The van der Waals surface area contributed by atoms with Crippen LogP contribution in [0.1, 0.15) is 46.7 Å². The molecule has 2 rings (SSSR count). The Hall–Kier alpha value is -1.62. The first-order valence-electron chi connectivity index (χ1n) is 7.12. The summed E-state index contributed by atoms with van der Waals surface area (Å²) in [6, 6.07) is 2.10. The van der Waals surface area contributed by atoms with Crippen molar-refractivity contribution in [2.24, 2.45) is 5.73 Å². The van der Waals surface area contributed by atoms with Gasteiger partial charge < -0.3 is 11.1 Å². The lowest BCUT2D eigenvalue weighted by Gasteiger charge is -2.28. The minimum atomic E-state index is -0.152. The average molecular weight is 275 g/mol. The fraction of sp³-hybridized carbons (Fsp3) is 0.600. The summed E-state index contributed by atoms with van der Waals surface area (Å²) in [6.45, 7) is 11.3. The van der Waals surface area contributed by atoms with Crippen molar-refractivity contribution in [2.75, 3.05) is 11.9 Å². The maximum atomic E-state index is 5.87. The molecule has 0 spiro atoms. The molecule has 2 aromatic heterocycles. The fourth-order valence-corrected chi connectivity index (χ4v) is 1.95. The summed E-state index contributed by atoms with van der Waals surface area (Å²) < 4.78 is 1.88. The van der Waals surface area contributed by atoms with Gasteiger partial charge in [0.1, 0.15) is 5.52 Å². The van der Waals surface area contributed by atoms with E-state index >= 15 is 0 Å². The molecule has 2 heterocycles. The van der Waals surface area contributed by atoms with Crippen LogP contribution in [0.2, 0.25) is 0 Å². The maximum absolute atomic E-state index is 5.87. The number of nitrogens with two attached hydrogens (primary N) is 1. The number of hydrogen-bond acceptors (Lipinski definition) is 4. The number of fused-ring (bicyclic) bond motifs is 1. The van der Waals surface area contributed by atoms with E-state index in [9.17, 15) is 0 Å². The van der Waals surface area contributed by atoms with Crippen LogP contribution in [0.25, 0.3) is 5.52 Å². The molecule has 5 nitrogen and oxygen atoms in total. The lowest BCUT2D eigenvalue weighted by molar-refractivity contribution is 0.505. The van der Waals surface area contributed by atoms with Gasteiger partial charge in [-0.25, -0.2) is 9.50 Å². The molecule has 0 aliphatic rings. The van der Waals surface area contributed by atoms with E-state index in [1.807, 2.05) is 10.7 Å². The second kappa shape index (κ2) is 5.05. The Morgan fingerprint density at radius 2 is 2.00 bits per heavy atom. The molecule has 0 aliphatic carbocycles.